The van der Waals surface area contributed by atoms with Crippen LogP contribution < -0.4 is 5.32 Å². The zero-order valence-corrected chi connectivity index (χ0v) is 11.3. The SMILES string of the molecule is CSc1cccc(Nc2ccc(Cl)cc2)c1C#N. The van der Waals surface area contributed by atoms with Crippen LogP contribution >= 0.6 is 23.4 Å². The lowest BCUT2D eigenvalue weighted by Crippen LogP contribution is -1.94. The van der Waals surface area contributed by atoms with Crippen LogP contribution in [0.1, 0.15) is 5.56 Å². The highest BCUT2D eigenvalue weighted by molar-refractivity contribution is 7.98. The summed E-state index contributed by atoms with van der Waals surface area (Å²) < 4.78 is 0. The fourth-order valence-electron chi connectivity index (χ4n) is 1.61. The van der Waals surface area contributed by atoms with Crippen LogP contribution in [-0.2, 0) is 0 Å². The number of nitriles is 1. The van der Waals surface area contributed by atoms with Gasteiger partial charge in [-0.2, -0.15) is 5.26 Å². The number of hydrogen-bond acceptors (Lipinski definition) is 3. The number of anilines is 2. The van der Waals surface area contributed by atoms with Gasteiger partial charge in [-0.25, -0.2) is 0 Å². The van der Waals surface area contributed by atoms with Gasteiger partial charge in [0.05, 0.1) is 11.3 Å². The number of thioether (sulfide) groups is 1. The lowest BCUT2D eigenvalue weighted by molar-refractivity contribution is 1.36. The molecular formula is C14H11ClN2S. The van der Waals surface area contributed by atoms with E-state index in [4.69, 9.17) is 11.6 Å². The Bertz CT molecular complexity index is 588. The highest BCUT2D eigenvalue weighted by atomic mass is 35.5. The molecule has 2 aromatic rings. The predicted octanol–water partition coefficient (Wildman–Crippen LogP) is 4.68. The molecule has 2 aromatic carbocycles. The maximum atomic E-state index is 9.23. The number of nitrogens with zero attached hydrogens (tertiary/aromatic N) is 1. The van der Waals surface area contributed by atoms with Gasteiger partial charge in [0.25, 0.3) is 0 Å². The van der Waals surface area contributed by atoms with Crippen LogP contribution in [0, 0.1) is 11.3 Å². The van der Waals surface area contributed by atoms with E-state index in [1.165, 1.54) is 0 Å². The number of nitrogens with one attached hydrogen (secondary N) is 1. The molecule has 1 N–H and O–H groups in total. The highest BCUT2D eigenvalue weighted by Crippen LogP contribution is 2.28. The highest BCUT2D eigenvalue weighted by Gasteiger charge is 2.07. The van der Waals surface area contributed by atoms with Gasteiger partial charge in [-0.1, -0.05) is 17.7 Å². The second-order valence-corrected chi connectivity index (χ2v) is 4.91. The summed E-state index contributed by atoms with van der Waals surface area (Å²) in [5, 5.41) is 13.2. The third-order valence-electron chi connectivity index (χ3n) is 2.48. The van der Waals surface area contributed by atoms with Gasteiger partial charge in [0.2, 0.25) is 0 Å². The maximum Gasteiger partial charge on any atom is 0.103 e. The molecule has 2 nitrogen and oxygen atoms in total. The van der Waals surface area contributed by atoms with Gasteiger partial charge >= 0.3 is 0 Å². The first-order chi connectivity index (χ1) is 8.74. The predicted molar refractivity (Wildman–Crippen MR) is 77.7 cm³/mol. The van der Waals surface area contributed by atoms with E-state index < -0.39 is 0 Å². The van der Waals surface area contributed by atoms with Crippen molar-refractivity contribution in [1.82, 2.24) is 0 Å². The molecule has 0 saturated heterocycles. The van der Waals surface area contributed by atoms with E-state index in [2.05, 4.69) is 11.4 Å². The number of halogens is 1. The van der Waals surface area contributed by atoms with E-state index in [0.717, 1.165) is 16.3 Å². The van der Waals surface area contributed by atoms with Crippen molar-refractivity contribution in [3.8, 4) is 6.07 Å². The minimum absolute atomic E-state index is 0.667. The molecule has 0 aliphatic rings. The smallest absolute Gasteiger partial charge is 0.103 e. The Labute approximate surface area is 116 Å². The fourth-order valence-corrected chi connectivity index (χ4v) is 2.31. The van der Waals surface area contributed by atoms with Crippen LogP contribution in [-0.4, -0.2) is 6.26 Å². The van der Waals surface area contributed by atoms with Gasteiger partial charge in [0, 0.05) is 15.6 Å². The van der Waals surface area contributed by atoms with Gasteiger partial charge in [-0.3, -0.25) is 0 Å². The molecule has 0 spiro atoms. The first-order valence-electron chi connectivity index (χ1n) is 5.34. The van der Waals surface area contributed by atoms with Gasteiger partial charge in [0.1, 0.15) is 6.07 Å². The summed E-state index contributed by atoms with van der Waals surface area (Å²) in [5.74, 6) is 0. The molecule has 0 unspecified atom stereocenters. The minimum atomic E-state index is 0.667. The fraction of sp³-hybridized carbons (Fsp3) is 0.0714. The molecule has 0 radical (unpaired) electrons. The molecule has 90 valence electrons. The lowest BCUT2D eigenvalue weighted by Gasteiger charge is -2.10. The topological polar surface area (TPSA) is 35.8 Å². The molecule has 0 saturated carbocycles. The van der Waals surface area contributed by atoms with E-state index in [9.17, 15) is 5.26 Å². The van der Waals surface area contributed by atoms with Crippen LogP contribution in [0.5, 0.6) is 0 Å². The van der Waals surface area contributed by atoms with E-state index in [-0.39, 0.29) is 0 Å². The van der Waals surface area contributed by atoms with Gasteiger partial charge in [0.15, 0.2) is 0 Å². The summed E-state index contributed by atoms with van der Waals surface area (Å²) >= 11 is 7.40. The monoisotopic (exact) mass is 274 g/mol. The van der Waals surface area contributed by atoms with E-state index in [1.54, 1.807) is 11.8 Å². The Morgan fingerprint density at radius 1 is 1.17 bits per heavy atom. The molecular weight excluding hydrogens is 264 g/mol. The molecule has 18 heavy (non-hydrogen) atoms. The van der Waals surface area contributed by atoms with Gasteiger partial charge < -0.3 is 5.32 Å². The molecule has 0 atom stereocenters. The normalized spacial score (nSPS) is 9.83. The van der Waals surface area contributed by atoms with Crippen molar-refractivity contribution in [3.63, 3.8) is 0 Å². The third kappa shape index (κ3) is 2.79. The molecule has 0 amide bonds. The molecule has 4 heteroatoms. The van der Waals surface area contributed by atoms with Gasteiger partial charge in [-0.15, -0.1) is 11.8 Å². The minimum Gasteiger partial charge on any atom is -0.354 e. The molecule has 0 aliphatic heterocycles. The average molecular weight is 275 g/mol. The van der Waals surface area contributed by atoms with Crippen molar-refractivity contribution in [1.29, 1.82) is 5.26 Å². The largest absolute Gasteiger partial charge is 0.354 e. The van der Waals surface area contributed by atoms with E-state index in [0.29, 0.717) is 10.6 Å². The maximum absolute atomic E-state index is 9.23. The third-order valence-corrected chi connectivity index (χ3v) is 3.51. The van der Waals surface area contributed by atoms with Crippen LogP contribution in [0.2, 0.25) is 5.02 Å². The Balaban J connectivity index is 2.35. The second-order valence-electron chi connectivity index (χ2n) is 3.63. The summed E-state index contributed by atoms with van der Waals surface area (Å²) in [5.41, 5.74) is 2.39. The summed E-state index contributed by atoms with van der Waals surface area (Å²) in [6.07, 6.45) is 1.96. The molecule has 0 aromatic heterocycles. The summed E-state index contributed by atoms with van der Waals surface area (Å²) in [7, 11) is 0. The summed E-state index contributed by atoms with van der Waals surface area (Å²) in [6.45, 7) is 0. The molecule has 2 rings (SSSR count). The second kappa shape index (κ2) is 5.81. The van der Waals surface area contributed by atoms with Crippen molar-refractivity contribution < 1.29 is 0 Å². The number of hydrogen-bond donors (Lipinski definition) is 1. The molecule has 0 aliphatic carbocycles. The van der Waals surface area contributed by atoms with Crippen molar-refractivity contribution in [2.45, 2.75) is 4.90 Å². The molecule has 0 bridgehead atoms. The first-order valence-corrected chi connectivity index (χ1v) is 6.94. The Hall–Kier alpha value is -1.63. The van der Waals surface area contributed by atoms with Crippen molar-refractivity contribution in [3.05, 3.63) is 53.1 Å². The Morgan fingerprint density at radius 3 is 2.50 bits per heavy atom. The zero-order chi connectivity index (χ0) is 13.0. The number of rotatable bonds is 3. The standard InChI is InChI=1S/C14H11ClN2S/c1-18-14-4-2-3-13(12(14)9-16)17-11-7-5-10(15)6-8-11/h2-8,17H,1H3. The lowest BCUT2D eigenvalue weighted by atomic mass is 10.2. The number of benzene rings is 2. The summed E-state index contributed by atoms with van der Waals surface area (Å²) in [4.78, 5) is 0.969. The Kier molecular flexibility index (Phi) is 4.14. The van der Waals surface area contributed by atoms with Crippen LogP contribution in [0.3, 0.4) is 0 Å². The van der Waals surface area contributed by atoms with E-state index >= 15 is 0 Å². The molecule has 0 fully saturated rings. The van der Waals surface area contributed by atoms with E-state index in [1.807, 2.05) is 48.7 Å². The average Bonchev–Trinajstić information content (AvgIpc) is 2.41. The van der Waals surface area contributed by atoms with Crippen molar-refractivity contribution in [2.75, 3.05) is 11.6 Å². The van der Waals surface area contributed by atoms with Crippen LogP contribution in [0.25, 0.3) is 0 Å². The van der Waals surface area contributed by atoms with Gasteiger partial charge in [-0.05, 0) is 42.7 Å². The quantitative estimate of drug-likeness (QED) is 0.826. The molecule has 0 heterocycles. The van der Waals surface area contributed by atoms with Crippen LogP contribution in [0.4, 0.5) is 11.4 Å². The first kappa shape index (κ1) is 12.8. The zero-order valence-electron chi connectivity index (χ0n) is 9.77. The van der Waals surface area contributed by atoms with Crippen LogP contribution in [0.15, 0.2) is 47.4 Å². The summed E-state index contributed by atoms with van der Waals surface area (Å²) in [6, 6.07) is 15.4. The van der Waals surface area contributed by atoms with Crippen molar-refractivity contribution >= 4 is 34.7 Å². The van der Waals surface area contributed by atoms with Crippen molar-refractivity contribution in [2.24, 2.45) is 0 Å². The Morgan fingerprint density at radius 2 is 1.89 bits per heavy atom.